The van der Waals surface area contributed by atoms with Crippen molar-refractivity contribution in [1.82, 2.24) is 8.87 Å². The molecule has 25 heavy (non-hydrogen) atoms. The topological polar surface area (TPSA) is 68.6 Å². The minimum Gasteiger partial charge on any atom is -0.487 e. The Balaban J connectivity index is 1.61. The van der Waals surface area contributed by atoms with E-state index >= 15 is 0 Å². The molecule has 134 valence electrons. The number of nitrogens with zero attached hydrogens (tertiary/aromatic N) is 2. The third-order valence-corrected chi connectivity index (χ3v) is 6.24. The largest absolute Gasteiger partial charge is 0.487 e. The zero-order chi connectivity index (χ0) is 18.2. The molecule has 6 nitrogen and oxygen atoms in total. The van der Waals surface area contributed by atoms with Crippen molar-refractivity contribution in [1.29, 1.82) is 0 Å². The Labute approximate surface area is 151 Å². The first-order chi connectivity index (χ1) is 11.7. The quantitative estimate of drug-likeness (QED) is 0.792. The Morgan fingerprint density at radius 2 is 1.96 bits per heavy atom. The van der Waals surface area contributed by atoms with Gasteiger partial charge in [0.25, 0.3) is 5.56 Å². The summed E-state index contributed by atoms with van der Waals surface area (Å²) in [5.41, 5.74) is 1.28. The second kappa shape index (κ2) is 6.82. The van der Waals surface area contributed by atoms with E-state index in [-0.39, 0.29) is 30.5 Å². The SMILES string of the molecule is Cc1cc(OC2CN(S(=O)(=O)Cc3cccc(Cl)c3)C2)cc(=O)n1C. The fourth-order valence-electron chi connectivity index (χ4n) is 2.63. The van der Waals surface area contributed by atoms with Gasteiger partial charge in [0.05, 0.1) is 18.8 Å². The molecular formula is C17H19ClN2O4S. The van der Waals surface area contributed by atoms with E-state index in [4.69, 9.17) is 16.3 Å². The lowest BCUT2D eigenvalue weighted by Gasteiger charge is -2.37. The summed E-state index contributed by atoms with van der Waals surface area (Å²) >= 11 is 5.90. The fourth-order valence-corrected chi connectivity index (χ4v) is 4.41. The number of hydrogen-bond acceptors (Lipinski definition) is 4. The highest BCUT2D eigenvalue weighted by Gasteiger charge is 2.37. The van der Waals surface area contributed by atoms with Gasteiger partial charge >= 0.3 is 0 Å². The van der Waals surface area contributed by atoms with Gasteiger partial charge in [0.15, 0.2) is 0 Å². The summed E-state index contributed by atoms with van der Waals surface area (Å²) in [4.78, 5) is 11.8. The Bertz CT molecular complexity index is 949. The van der Waals surface area contributed by atoms with Gasteiger partial charge in [-0.3, -0.25) is 4.79 Å². The van der Waals surface area contributed by atoms with E-state index in [2.05, 4.69) is 0 Å². The summed E-state index contributed by atoms with van der Waals surface area (Å²) < 4.78 is 33.5. The van der Waals surface area contributed by atoms with E-state index in [1.165, 1.54) is 14.9 Å². The number of rotatable bonds is 5. The first kappa shape index (κ1) is 18.0. The van der Waals surface area contributed by atoms with E-state index < -0.39 is 10.0 Å². The highest BCUT2D eigenvalue weighted by molar-refractivity contribution is 7.88. The van der Waals surface area contributed by atoms with Crippen LogP contribution < -0.4 is 10.3 Å². The number of pyridine rings is 1. The zero-order valence-electron chi connectivity index (χ0n) is 14.0. The lowest BCUT2D eigenvalue weighted by molar-refractivity contribution is 0.0758. The Kier molecular flexibility index (Phi) is 4.90. The van der Waals surface area contributed by atoms with Crippen molar-refractivity contribution in [3.8, 4) is 5.75 Å². The van der Waals surface area contributed by atoms with Gasteiger partial charge in [0.2, 0.25) is 10.0 Å². The molecule has 0 aliphatic carbocycles. The molecule has 8 heteroatoms. The standard InChI is InChI=1S/C17H19ClN2O4S/c1-12-6-15(8-17(21)19(12)2)24-16-9-20(10-16)25(22,23)11-13-4-3-5-14(18)7-13/h3-8,16H,9-11H2,1-2H3. The van der Waals surface area contributed by atoms with Gasteiger partial charge in [-0.15, -0.1) is 0 Å². The van der Waals surface area contributed by atoms with Crippen LogP contribution in [0, 0.1) is 6.92 Å². The molecule has 0 N–H and O–H groups in total. The van der Waals surface area contributed by atoms with Crippen molar-refractivity contribution in [2.45, 2.75) is 18.8 Å². The van der Waals surface area contributed by atoms with Crippen molar-refractivity contribution in [3.63, 3.8) is 0 Å². The predicted molar refractivity (Wildman–Crippen MR) is 96.5 cm³/mol. The average molecular weight is 383 g/mol. The molecule has 0 amide bonds. The molecule has 1 fully saturated rings. The van der Waals surface area contributed by atoms with Gasteiger partial charge in [0.1, 0.15) is 11.9 Å². The molecule has 1 aliphatic heterocycles. The number of halogens is 1. The summed E-state index contributed by atoms with van der Waals surface area (Å²) in [6, 6.07) is 10.0. The molecule has 1 aliphatic rings. The first-order valence-electron chi connectivity index (χ1n) is 7.81. The minimum atomic E-state index is -3.41. The van der Waals surface area contributed by atoms with Gasteiger partial charge in [-0.05, 0) is 30.7 Å². The molecule has 0 saturated carbocycles. The van der Waals surface area contributed by atoms with E-state index in [9.17, 15) is 13.2 Å². The van der Waals surface area contributed by atoms with Crippen LogP contribution >= 0.6 is 11.6 Å². The highest BCUT2D eigenvalue weighted by Crippen LogP contribution is 2.23. The minimum absolute atomic E-state index is 0.0920. The van der Waals surface area contributed by atoms with Crippen LogP contribution in [0.25, 0.3) is 0 Å². The van der Waals surface area contributed by atoms with Crippen LogP contribution in [0.4, 0.5) is 0 Å². The number of aromatic nitrogens is 1. The molecule has 2 heterocycles. The normalized spacial score (nSPS) is 15.8. The van der Waals surface area contributed by atoms with E-state index in [0.717, 1.165) is 5.69 Å². The Morgan fingerprint density at radius 1 is 1.24 bits per heavy atom. The summed E-state index contributed by atoms with van der Waals surface area (Å²) in [6.45, 7) is 2.37. The van der Waals surface area contributed by atoms with Gasteiger partial charge < -0.3 is 9.30 Å². The smallest absolute Gasteiger partial charge is 0.254 e. The van der Waals surface area contributed by atoms with Crippen molar-refractivity contribution >= 4 is 21.6 Å². The first-order valence-corrected chi connectivity index (χ1v) is 9.80. The van der Waals surface area contributed by atoms with Gasteiger partial charge in [-0.2, -0.15) is 4.31 Å². The Hall–Kier alpha value is -1.83. The molecular weight excluding hydrogens is 364 g/mol. The number of aryl methyl sites for hydroxylation is 1. The molecule has 0 bridgehead atoms. The highest BCUT2D eigenvalue weighted by atomic mass is 35.5. The summed E-state index contributed by atoms with van der Waals surface area (Å²) in [6.07, 6.45) is -0.249. The van der Waals surface area contributed by atoms with Crippen LogP contribution in [0.15, 0.2) is 41.2 Å². The van der Waals surface area contributed by atoms with Crippen LogP contribution in [0.5, 0.6) is 5.75 Å². The van der Waals surface area contributed by atoms with Crippen molar-refractivity contribution in [2.75, 3.05) is 13.1 Å². The fraction of sp³-hybridized carbons (Fsp3) is 0.353. The maximum atomic E-state index is 12.4. The monoisotopic (exact) mass is 382 g/mol. The zero-order valence-corrected chi connectivity index (χ0v) is 15.5. The van der Waals surface area contributed by atoms with E-state index in [1.54, 1.807) is 37.4 Å². The molecule has 0 radical (unpaired) electrons. The van der Waals surface area contributed by atoms with Crippen LogP contribution in [-0.2, 0) is 22.8 Å². The maximum absolute atomic E-state index is 12.4. The lowest BCUT2D eigenvalue weighted by atomic mass is 10.2. The maximum Gasteiger partial charge on any atom is 0.254 e. The van der Waals surface area contributed by atoms with Crippen LogP contribution in [0.3, 0.4) is 0 Å². The summed E-state index contributed by atoms with van der Waals surface area (Å²) in [7, 11) is -1.72. The van der Waals surface area contributed by atoms with E-state index in [0.29, 0.717) is 16.3 Å². The van der Waals surface area contributed by atoms with Crippen molar-refractivity contribution < 1.29 is 13.2 Å². The predicted octanol–water partition coefficient (Wildman–Crippen LogP) is 1.94. The third kappa shape index (κ3) is 4.05. The van der Waals surface area contributed by atoms with Gasteiger partial charge in [-0.1, -0.05) is 23.7 Å². The molecule has 1 aromatic heterocycles. The molecule has 0 unspecified atom stereocenters. The molecule has 2 aromatic rings. The van der Waals surface area contributed by atoms with Crippen molar-refractivity contribution in [3.05, 3.63) is 63.0 Å². The second-order valence-electron chi connectivity index (χ2n) is 6.17. The second-order valence-corrected chi connectivity index (χ2v) is 8.58. The number of sulfonamides is 1. The van der Waals surface area contributed by atoms with Crippen LogP contribution in [0.2, 0.25) is 5.02 Å². The number of benzene rings is 1. The third-order valence-electron chi connectivity index (χ3n) is 4.23. The average Bonchev–Trinajstić information content (AvgIpc) is 2.47. The Morgan fingerprint density at radius 3 is 2.60 bits per heavy atom. The van der Waals surface area contributed by atoms with Gasteiger partial charge in [-0.25, -0.2) is 8.42 Å². The number of ether oxygens (including phenoxy) is 1. The van der Waals surface area contributed by atoms with Crippen LogP contribution in [-0.4, -0.2) is 36.5 Å². The van der Waals surface area contributed by atoms with E-state index in [1.807, 2.05) is 6.92 Å². The summed E-state index contributed by atoms with van der Waals surface area (Å²) in [5.74, 6) is 0.378. The van der Waals surface area contributed by atoms with Crippen molar-refractivity contribution in [2.24, 2.45) is 7.05 Å². The molecule has 1 aromatic carbocycles. The molecule has 0 atom stereocenters. The molecule has 0 spiro atoms. The summed E-state index contributed by atoms with van der Waals surface area (Å²) in [5, 5.41) is 0.513. The number of hydrogen-bond donors (Lipinski definition) is 0. The lowest BCUT2D eigenvalue weighted by Crippen LogP contribution is -2.56. The molecule has 1 saturated heterocycles. The molecule has 3 rings (SSSR count). The van der Waals surface area contributed by atoms with Crippen LogP contribution in [0.1, 0.15) is 11.3 Å². The van der Waals surface area contributed by atoms with Gasteiger partial charge in [0, 0.05) is 23.8 Å².